The van der Waals surface area contributed by atoms with Crippen LogP contribution in [0.4, 0.5) is 0 Å². The fourth-order valence-corrected chi connectivity index (χ4v) is 2.98. The Bertz CT molecular complexity index is 474. The van der Waals surface area contributed by atoms with E-state index in [2.05, 4.69) is 0 Å². The van der Waals surface area contributed by atoms with E-state index in [0.717, 1.165) is 24.7 Å². The molecule has 0 heterocycles. The van der Waals surface area contributed by atoms with Crippen molar-refractivity contribution in [2.24, 2.45) is 5.41 Å². The van der Waals surface area contributed by atoms with E-state index in [4.69, 9.17) is 0 Å². The maximum atomic E-state index is 12.7. The molecule has 2 nitrogen and oxygen atoms in total. The number of Topliss-reactive ketones (excluding diaryl/α,β-unsaturated/α-hetero) is 1. The minimum absolute atomic E-state index is 0.0695. The van der Waals surface area contributed by atoms with E-state index in [1.54, 1.807) is 6.92 Å². The summed E-state index contributed by atoms with van der Waals surface area (Å²) >= 11 is 0. The number of rotatable bonds is 2. The lowest BCUT2D eigenvalue weighted by Gasteiger charge is -2.40. The molecule has 96 valence electrons. The summed E-state index contributed by atoms with van der Waals surface area (Å²) in [5, 5.41) is 0. The Morgan fingerprint density at radius 2 is 1.72 bits per heavy atom. The molecule has 1 fully saturated rings. The summed E-state index contributed by atoms with van der Waals surface area (Å²) in [5.41, 5.74) is 0.897. The van der Waals surface area contributed by atoms with Crippen LogP contribution in [0.1, 0.15) is 44.2 Å². The van der Waals surface area contributed by atoms with Crippen molar-refractivity contribution in [2.45, 2.75) is 45.4 Å². The van der Waals surface area contributed by atoms with E-state index in [1.807, 2.05) is 38.1 Å². The van der Waals surface area contributed by atoms with E-state index in [9.17, 15) is 9.59 Å². The van der Waals surface area contributed by atoms with Crippen molar-refractivity contribution in [3.8, 4) is 0 Å². The third-order valence-electron chi connectivity index (χ3n) is 4.34. The van der Waals surface area contributed by atoms with Crippen molar-refractivity contribution in [1.29, 1.82) is 0 Å². The number of aldehydes is 1. The van der Waals surface area contributed by atoms with Gasteiger partial charge in [-0.05, 0) is 39.2 Å². The van der Waals surface area contributed by atoms with Gasteiger partial charge in [0.1, 0.15) is 6.29 Å². The van der Waals surface area contributed by atoms with E-state index in [1.165, 1.54) is 5.56 Å². The quantitative estimate of drug-likeness (QED) is 0.591. The molecule has 0 N–H and O–H groups in total. The SMILES string of the molecule is Cc1ccc([C@]2(C)CCC[C@@](C)(C=O)C2=O)cc1. The summed E-state index contributed by atoms with van der Waals surface area (Å²) in [6.07, 6.45) is 3.27. The van der Waals surface area contributed by atoms with Crippen molar-refractivity contribution in [3.05, 3.63) is 35.4 Å². The minimum Gasteiger partial charge on any atom is -0.302 e. The van der Waals surface area contributed by atoms with Gasteiger partial charge in [0.25, 0.3) is 0 Å². The summed E-state index contributed by atoms with van der Waals surface area (Å²) < 4.78 is 0. The number of ketones is 1. The molecule has 1 saturated carbocycles. The highest BCUT2D eigenvalue weighted by Crippen LogP contribution is 2.43. The van der Waals surface area contributed by atoms with Crippen LogP contribution >= 0.6 is 0 Å². The fraction of sp³-hybridized carbons (Fsp3) is 0.500. The zero-order chi connectivity index (χ0) is 13.4. The molecule has 1 aromatic carbocycles. The van der Waals surface area contributed by atoms with Gasteiger partial charge in [0, 0.05) is 0 Å². The van der Waals surface area contributed by atoms with Gasteiger partial charge >= 0.3 is 0 Å². The number of carbonyl (C=O) groups is 2. The number of benzene rings is 1. The normalized spacial score (nSPS) is 32.3. The lowest BCUT2D eigenvalue weighted by atomic mass is 9.60. The predicted octanol–water partition coefficient (Wildman–Crippen LogP) is 3.21. The summed E-state index contributed by atoms with van der Waals surface area (Å²) in [4.78, 5) is 23.9. The van der Waals surface area contributed by atoms with Gasteiger partial charge in [-0.1, -0.05) is 36.2 Å². The average molecular weight is 244 g/mol. The molecule has 1 aromatic rings. The highest BCUT2D eigenvalue weighted by atomic mass is 16.1. The van der Waals surface area contributed by atoms with Gasteiger partial charge in [0.2, 0.25) is 0 Å². The molecule has 2 rings (SSSR count). The van der Waals surface area contributed by atoms with Crippen LogP contribution in [-0.2, 0) is 15.0 Å². The van der Waals surface area contributed by atoms with Crippen LogP contribution in [0.3, 0.4) is 0 Å². The Hall–Kier alpha value is -1.44. The zero-order valence-electron chi connectivity index (χ0n) is 11.3. The van der Waals surface area contributed by atoms with Crippen molar-refractivity contribution in [1.82, 2.24) is 0 Å². The molecule has 18 heavy (non-hydrogen) atoms. The molecule has 0 aromatic heterocycles. The van der Waals surface area contributed by atoms with E-state index in [0.29, 0.717) is 6.42 Å². The molecule has 0 spiro atoms. The highest BCUT2D eigenvalue weighted by Gasteiger charge is 2.48. The second kappa shape index (κ2) is 4.34. The Morgan fingerprint density at radius 3 is 2.28 bits per heavy atom. The molecular weight excluding hydrogens is 224 g/mol. The van der Waals surface area contributed by atoms with Crippen LogP contribution in [-0.4, -0.2) is 12.1 Å². The second-order valence-corrected chi connectivity index (χ2v) is 5.92. The first kappa shape index (κ1) is 13.0. The number of hydrogen-bond acceptors (Lipinski definition) is 2. The van der Waals surface area contributed by atoms with Crippen LogP contribution < -0.4 is 0 Å². The van der Waals surface area contributed by atoms with Gasteiger partial charge in [-0.15, -0.1) is 0 Å². The monoisotopic (exact) mass is 244 g/mol. The first-order valence-corrected chi connectivity index (χ1v) is 6.51. The van der Waals surface area contributed by atoms with E-state index in [-0.39, 0.29) is 5.78 Å². The van der Waals surface area contributed by atoms with Gasteiger partial charge in [-0.2, -0.15) is 0 Å². The maximum Gasteiger partial charge on any atom is 0.156 e. The van der Waals surface area contributed by atoms with Gasteiger partial charge < -0.3 is 4.79 Å². The Labute approximate surface area is 108 Å². The number of hydrogen-bond donors (Lipinski definition) is 0. The van der Waals surface area contributed by atoms with Gasteiger partial charge in [0.05, 0.1) is 10.8 Å². The molecule has 1 aliphatic carbocycles. The predicted molar refractivity (Wildman–Crippen MR) is 71.6 cm³/mol. The van der Waals surface area contributed by atoms with Gasteiger partial charge in [-0.3, -0.25) is 4.79 Å². The first-order valence-electron chi connectivity index (χ1n) is 6.51. The lowest BCUT2D eigenvalue weighted by Crippen LogP contribution is -2.47. The van der Waals surface area contributed by atoms with Crippen molar-refractivity contribution >= 4 is 12.1 Å². The summed E-state index contributed by atoms with van der Waals surface area (Å²) in [6.45, 7) is 5.78. The molecule has 2 atom stereocenters. The highest BCUT2D eigenvalue weighted by molar-refractivity contribution is 6.04. The lowest BCUT2D eigenvalue weighted by molar-refractivity contribution is -0.141. The molecule has 0 amide bonds. The third-order valence-corrected chi connectivity index (χ3v) is 4.34. The van der Waals surface area contributed by atoms with E-state index < -0.39 is 10.8 Å². The zero-order valence-corrected chi connectivity index (χ0v) is 11.3. The van der Waals surface area contributed by atoms with Crippen molar-refractivity contribution in [2.75, 3.05) is 0 Å². The maximum absolute atomic E-state index is 12.7. The van der Waals surface area contributed by atoms with E-state index >= 15 is 0 Å². The standard InChI is InChI=1S/C16H20O2/c1-12-5-7-13(8-6-12)16(3)10-4-9-15(2,11-17)14(16)18/h5-8,11H,4,9-10H2,1-3H3/t15-,16-/m0/s1. The topological polar surface area (TPSA) is 34.1 Å². The van der Waals surface area contributed by atoms with Crippen LogP contribution in [0.25, 0.3) is 0 Å². The number of carbonyl (C=O) groups excluding carboxylic acids is 2. The molecule has 2 heteroatoms. The molecular formula is C16H20O2. The summed E-state index contributed by atoms with van der Waals surface area (Å²) in [6, 6.07) is 8.09. The van der Waals surface area contributed by atoms with Gasteiger partial charge in [-0.25, -0.2) is 0 Å². The second-order valence-electron chi connectivity index (χ2n) is 5.92. The molecule has 0 bridgehead atoms. The molecule has 0 radical (unpaired) electrons. The average Bonchev–Trinajstić information content (AvgIpc) is 2.37. The smallest absolute Gasteiger partial charge is 0.156 e. The Balaban J connectivity index is 2.44. The number of aryl methyl sites for hydroxylation is 1. The van der Waals surface area contributed by atoms with Crippen LogP contribution in [0, 0.1) is 12.3 Å². The van der Waals surface area contributed by atoms with Gasteiger partial charge in [0.15, 0.2) is 5.78 Å². The van der Waals surface area contributed by atoms with Crippen LogP contribution in [0.5, 0.6) is 0 Å². The first-order chi connectivity index (χ1) is 8.42. The third kappa shape index (κ3) is 1.90. The van der Waals surface area contributed by atoms with Crippen LogP contribution in [0.2, 0.25) is 0 Å². The summed E-state index contributed by atoms with van der Waals surface area (Å²) in [5.74, 6) is 0.0695. The van der Waals surface area contributed by atoms with Crippen LogP contribution in [0.15, 0.2) is 24.3 Å². The Kier molecular flexibility index (Phi) is 3.14. The summed E-state index contributed by atoms with van der Waals surface area (Å²) in [7, 11) is 0. The van der Waals surface area contributed by atoms with Crippen molar-refractivity contribution < 1.29 is 9.59 Å². The molecule has 0 saturated heterocycles. The minimum atomic E-state index is -0.808. The molecule has 0 aliphatic heterocycles. The Morgan fingerprint density at radius 1 is 1.11 bits per heavy atom. The molecule has 1 aliphatic rings. The fourth-order valence-electron chi connectivity index (χ4n) is 2.98. The molecule has 0 unspecified atom stereocenters. The largest absolute Gasteiger partial charge is 0.302 e. The van der Waals surface area contributed by atoms with Crippen molar-refractivity contribution in [3.63, 3.8) is 0 Å².